The molecule has 0 aliphatic carbocycles. The van der Waals surface area contributed by atoms with Crippen LogP contribution in [0.2, 0.25) is 0 Å². The molecule has 0 atom stereocenters. The number of halogens is 2. The van der Waals surface area contributed by atoms with Crippen molar-refractivity contribution in [3.05, 3.63) is 0 Å². The molecular formula is C10H20BrI. The maximum Gasteiger partial charge on any atom is 0.00313 e. The van der Waals surface area contributed by atoms with Gasteiger partial charge in [-0.25, -0.2) is 0 Å². The highest BCUT2D eigenvalue weighted by Crippen LogP contribution is 2.09. The Morgan fingerprint density at radius 1 is 0.667 bits per heavy atom. The summed E-state index contributed by atoms with van der Waals surface area (Å²) in [5.74, 6) is 0. The molecule has 2 heteroatoms. The molecule has 0 aromatic heterocycles. The van der Waals surface area contributed by atoms with E-state index in [2.05, 4.69) is 38.5 Å². The van der Waals surface area contributed by atoms with Crippen LogP contribution in [0.1, 0.15) is 51.4 Å². The zero-order chi connectivity index (χ0) is 9.07. The molecule has 0 radical (unpaired) electrons. The van der Waals surface area contributed by atoms with Gasteiger partial charge in [-0.05, 0) is 17.3 Å². The third-order valence-electron chi connectivity index (χ3n) is 2.02. The lowest BCUT2D eigenvalue weighted by Crippen LogP contribution is -1.81. The van der Waals surface area contributed by atoms with Crippen molar-refractivity contribution in [1.82, 2.24) is 0 Å². The summed E-state index contributed by atoms with van der Waals surface area (Å²) >= 11 is 5.91. The molecule has 0 heterocycles. The highest BCUT2D eigenvalue weighted by atomic mass is 127. The molecule has 0 unspecified atom stereocenters. The van der Waals surface area contributed by atoms with E-state index in [1.807, 2.05) is 0 Å². The lowest BCUT2D eigenvalue weighted by molar-refractivity contribution is 0.589. The van der Waals surface area contributed by atoms with E-state index >= 15 is 0 Å². The molecule has 0 nitrogen and oxygen atoms in total. The van der Waals surface area contributed by atoms with Crippen LogP contribution in [0.15, 0.2) is 0 Å². The Balaban J connectivity index is 2.73. The summed E-state index contributed by atoms with van der Waals surface area (Å²) in [7, 11) is 0. The van der Waals surface area contributed by atoms with Gasteiger partial charge in [0, 0.05) is 5.33 Å². The highest BCUT2D eigenvalue weighted by Gasteiger charge is 1.90. The number of hydrogen-bond acceptors (Lipinski definition) is 0. The number of alkyl halides is 2. The first-order chi connectivity index (χ1) is 5.91. The molecule has 0 aliphatic rings. The van der Waals surface area contributed by atoms with Crippen LogP contribution in [0.3, 0.4) is 0 Å². The second-order valence-corrected chi connectivity index (χ2v) is 5.08. The molecule has 0 saturated heterocycles. The Morgan fingerprint density at radius 2 is 1.08 bits per heavy atom. The molecule has 0 fully saturated rings. The molecular weight excluding hydrogens is 327 g/mol. The van der Waals surface area contributed by atoms with Crippen molar-refractivity contribution >= 4 is 38.5 Å². The quantitative estimate of drug-likeness (QED) is 0.315. The zero-order valence-corrected chi connectivity index (χ0v) is 11.6. The first kappa shape index (κ1) is 13.2. The number of unbranched alkanes of at least 4 members (excludes halogenated alkanes) is 7. The van der Waals surface area contributed by atoms with E-state index in [0.29, 0.717) is 0 Å². The second-order valence-electron chi connectivity index (χ2n) is 3.21. The largest absolute Gasteiger partial charge is 0.0928 e. The van der Waals surface area contributed by atoms with Gasteiger partial charge in [0.25, 0.3) is 0 Å². The average Bonchev–Trinajstić information content (AvgIpc) is 2.10. The minimum Gasteiger partial charge on any atom is -0.0928 e. The van der Waals surface area contributed by atoms with E-state index in [1.165, 1.54) is 61.1 Å². The molecule has 0 rings (SSSR count). The van der Waals surface area contributed by atoms with E-state index in [-0.39, 0.29) is 0 Å². The topological polar surface area (TPSA) is 0 Å². The van der Waals surface area contributed by atoms with Gasteiger partial charge in [-0.1, -0.05) is 77.0 Å². The fourth-order valence-electron chi connectivity index (χ4n) is 1.25. The summed E-state index contributed by atoms with van der Waals surface area (Å²) in [5, 5.41) is 1.18. The zero-order valence-electron chi connectivity index (χ0n) is 7.83. The van der Waals surface area contributed by atoms with Crippen LogP contribution in [0.4, 0.5) is 0 Å². The molecule has 74 valence electrons. The van der Waals surface area contributed by atoms with Crippen LogP contribution in [0.25, 0.3) is 0 Å². The smallest absolute Gasteiger partial charge is 0.00313 e. The van der Waals surface area contributed by atoms with Crippen LogP contribution in [0.5, 0.6) is 0 Å². The van der Waals surface area contributed by atoms with Crippen LogP contribution in [-0.4, -0.2) is 9.76 Å². The van der Waals surface area contributed by atoms with Gasteiger partial charge in [-0.15, -0.1) is 0 Å². The summed E-state index contributed by atoms with van der Waals surface area (Å²) in [6.07, 6.45) is 11.4. The van der Waals surface area contributed by atoms with Crippen molar-refractivity contribution in [3.63, 3.8) is 0 Å². The minimum absolute atomic E-state index is 1.18. The average molecular weight is 347 g/mol. The second kappa shape index (κ2) is 12.2. The summed E-state index contributed by atoms with van der Waals surface area (Å²) in [5.41, 5.74) is 0. The van der Waals surface area contributed by atoms with Crippen LogP contribution in [-0.2, 0) is 0 Å². The monoisotopic (exact) mass is 346 g/mol. The van der Waals surface area contributed by atoms with Crippen LogP contribution < -0.4 is 0 Å². The molecule has 0 aromatic rings. The lowest BCUT2D eigenvalue weighted by Gasteiger charge is -1.99. The van der Waals surface area contributed by atoms with Crippen molar-refractivity contribution in [1.29, 1.82) is 0 Å². The highest BCUT2D eigenvalue weighted by molar-refractivity contribution is 14.1. The molecule has 0 aliphatic heterocycles. The van der Waals surface area contributed by atoms with Crippen molar-refractivity contribution in [2.75, 3.05) is 9.76 Å². The lowest BCUT2D eigenvalue weighted by atomic mass is 10.1. The summed E-state index contributed by atoms with van der Waals surface area (Å²) < 4.78 is 1.33. The predicted octanol–water partition coefficient (Wildman–Crippen LogP) is 4.94. The molecule has 0 N–H and O–H groups in total. The third kappa shape index (κ3) is 11.2. The van der Waals surface area contributed by atoms with Crippen LogP contribution >= 0.6 is 38.5 Å². The summed E-state index contributed by atoms with van der Waals surface area (Å²) in [4.78, 5) is 0. The van der Waals surface area contributed by atoms with Crippen molar-refractivity contribution in [3.8, 4) is 0 Å². The molecule has 0 bridgehead atoms. The summed E-state index contributed by atoms with van der Waals surface area (Å²) in [6, 6.07) is 0. The Bertz CT molecular complexity index is 66.2. The van der Waals surface area contributed by atoms with Crippen molar-refractivity contribution < 1.29 is 0 Å². The van der Waals surface area contributed by atoms with Gasteiger partial charge in [0.1, 0.15) is 0 Å². The Morgan fingerprint density at radius 3 is 1.50 bits per heavy atom. The fraction of sp³-hybridized carbons (Fsp3) is 1.00. The molecule has 0 spiro atoms. The predicted molar refractivity (Wildman–Crippen MR) is 69.6 cm³/mol. The molecule has 0 aromatic carbocycles. The minimum atomic E-state index is 1.18. The maximum absolute atomic E-state index is 3.45. The summed E-state index contributed by atoms with van der Waals surface area (Å²) in [6.45, 7) is 0. The van der Waals surface area contributed by atoms with Gasteiger partial charge in [0.2, 0.25) is 0 Å². The molecule has 0 saturated carbocycles. The first-order valence-electron chi connectivity index (χ1n) is 5.03. The Hall–Kier alpha value is 1.21. The van der Waals surface area contributed by atoms with Gasteiger partial charge in [0.05, 0.1) is 0 Å². The van der Waals surface area contributed by atoms with E-state index in [1.54, 1.807) is 0 Å². The van der Waals surface area contributed by atoms with Crippen molar-refractivity contribution in [2.24, 2.45) is 0 Å². The first-order valence-corrected chi connectivity index (χ1v) is 7.68. The van der Waals surface area contributed by atoms with Gasteiger partial charge >= 0.3 is 0 Å². The number of rotatable bonds is 9. The normalized spacial score (nSPS) is 10.5. The van der Waals surface area contributed by atoms with E-state index in [9.17, 15) is 0 Å². The Labute approximate surface area is 99.2 Å². The van der Waals surface area contributed by atoms with Gasteiger partial charge in [-0.2, -0.15) is 0 Å². The number of hydrogen-bond donors (Lipinski definition) is 0. The molecule has 0 amide bonds. The Kier molecular flexibility index (Phi) is 13.4. The van der Waals surface area contributed by atoms with Gasteiger partial charge in [0.15, 0.2) is 0 Å². The van der Waals surface area contributed by atoms with Gasteiger partial charge < -0.3 is 0 Å². The fourth-order valence-corrected chi connectivity index (χ4v) is 2.19. The van der Waals surface area contributed by atoms with Crippen LogP contribution in [0, 0.1) is 0 Å². The van der Waals surface area contributed by atoms with Crippen molar-refractivity contribution in [2.45, 2.75) is 51.4 Å². The SMILES string of the molecule is BrCCCCCCCCCCI. The maximum atomic E-state index is 3.45. The van der Waals surface area contributed by atoms with E-state index in [0.717, 1.165) is 0 Å². The van der Waals surface area contributed by atoms with E-state index < -0.39 is 0 Å². The van der Waals surface area contributed by atoms with Gasteiger partial charge in [-0.3, -0.25) is 0 Å². The molecule has 12 heavy (non-hydrogen) atoms. The third-order valence-corrected chi connectivity index (χ3v) is 3.34. The van der Waals surface area contributed by atoms with E-state index in [4.69, 9.17) is 0 Å². The standard InChI is InChI=1S/C10H20BrI/c11-9-7-5-3-1-2-4-6-8-10-12/h1-10H2.